The lowest BCUT2D eigenvalue weighted by molar-refractivity contribution is 1.22. The van der Waals surface area contributed by atoms with Gasteiger partial charge in [0.15, 0.2) is 0 Å². The Morgan fingerprint density at radius 1 is 1.67 bits per heavy atom. The van der Waals surface area contributed by atoms with E-state index in [1.54, 1.807) is 0 Å². The number of nitrogens with two attached hydrogens (primary N) is 1. The molecule has 0 aromatic heterocycles. The monoisotopic (exact) mass is 141 g/mol. The average molecular weight is 141 g/mol. The van der Waals surface area contributed by atoms with Gasteiger partial charge in [-0.25, -0.2) is 0 Å². The van der Waals surface area contributed by atoms with E-state index < -0.39 is 0 Å². The van der Waals surface area contributed by atoms with Crippen molar-refractivity contribution in [2.45, 2.75) is 6.92 Å². The molecule has 0 saturated heterocycles. The van der Waals surface area contributed by atoms with Crippen LogP contribution in [0.5, 0.6) is 0 Å². The lowest BCUT2D eigenvalue weighted by Crippen LogP contribution is -2.02. The van der Waals surface area contributed by atoms with Crippen molar-refractivity contribution >= 4 is 11.8 Å². The number of hydrogen-bond donors (Lipinski definition) is 1. The summed E-state index contributed by atoms with van der Waals surface area (Å²) in [5, 5.41) is 0. The van der Waals surface area contributed by atoms with Crippen LogP contribution < -0.4 is 5.73 Å². The molecule has 50 valence electrons. The smallest absolute Gasteiger partial charge is 0.0239 e. The summed E-state index contributed by atoms with van der Waals surface area (Å²) in [5.41, 5.74) is 6.86. The van der Waals surface area contributed by atoms with Crippen LogP contribution >= 0.6 is 11.8 Å². The van der Waals surface area contributed by atoms with Crippen molar-refractivity contribution < 1.29 is 0 Å². The number of allylic oxidation sites excluding steroid dienone is 2. The molecule has 0 fully saturated rings. The highest BCUT2D eigenvalue weighted by molar-refractivity contribution is 8.03. The van der Waals surface area contributed by atoms with Crippen LogP contribution in [-0.4, -0.2) is 12.3 Å². The van der Waals surface area contributed by atoms with Gasteiger partial charge in [-0.3, -0.25) is 0 Å². The highest BCUT2D eigenvalue weighted by Gasteiger charge is 1.99. The third-order valence-corrected chi connectivity index (χ3v) is 2.51. The van der Waals surface area contributed by atoms with Crippen LogP contribution in [0.1, 0.15) is 6.92 Å². The predicted octanol–water partition coefficient (Wildman–Crippen LogP) is 1.52. The molecule has 1 rings (SSSR count). The molecule has 0 radical (unpaired) electrons. The van der Waals surface area contributed by atoms with E-state index >= 15 is 0 Å². The third-order valence-electron chi connectivity index (χ3n) is 1.24. The zero-order chi connectivity index (χ0) is 6.69. The van der Waals surface area contributed by atoms with Gasteiger partial charge in [0.25, 0.3) is 0 Å². The minimum atomic E-state index is 0.689. The normalized spacial score (nSPS) is 18.9. The van der Waals surface area contributed by atoms with Crippen LogP contribution in [0.4, 0.5) is 0 Å². The lowest BCUT2D eigenvalue weighted by Gasteiger charge is -2.08. The third kappa shape index (κ3) is 1.88. The first-order chi connectivity index (χ1) is 4.33. The van der Waals surface area contributed by atoms with Crippen LogP contribution in [0.3, 0.4) is 0 Å². The standard InChI is InChI=1S/C7H11NS/c1-6-2-3-7(4-8)9-5-6/h2-3H,4-5,8H2,1H3. The molecule has 0 saturated carbocycles. The summed E-state index contributed by atoms with van der Waals surface area (Å²) in [6.07, 6.45) is 4.24. The Morgan fingerprint density at radius 2 is 2.44 bits per heavy atom. The first kappa shape index (κ1) is 6.90. The number of thioether (sulfide) groups is 1. The predicted molar refractivity (Wildman–Crippen MR) is 43.4 cm³/mol. The van der Waals surface area contributed by atoms with Gasteiger partial charge in [0, 0.05) is 12.3 Å². The fraction of sp³-hybridized carbons (Fsp3) is 0.429. The molecule has 0 atom stereocenters. The molecule has 0 bridgehead atoms. The maximum Gasteiger partial charge on any atom is 0.0239 e. The summed E-state index contributed by atoms with van der Waals surface area (Å²) in [7, 11) is 0. The number of hydrogen-bond acceptors (Lipinski definition) is 2. The molecule has 0 amide bonds. The summed E-state index contributed by atoms with van der Waals surface area (Å²) >= 11 is 1.84. The molecule has 0 spiro atoms. The topological polar surface area (TPSA) is 26.0 Å². The van der Waals surface area contributed by atoms with E-state index in [1.807, 2.05) is 11.8 Å². The zero-order valence-electron chi connectivity index (χ0n) is 5.55. The largest absolute Gasteiger partial charge is 0.326 e. The molecular formula is C7H11NS. The van der Waals surface area contributed by atoms with E-state index in [1.165, 1.54) is 10.5 Å². The Kier molecular flexibility index (Phi) is 2.37. The zero-order valence-corrected chi connectivity index (χ0v) is 6.37. The van der Waals surface area contributed by atoms with Gasteiger partial charge < -0.3 is 5.73 Å². The first-order valence-corrected chi connectivity index (χ1v) is 4.00. The van der Waals surface area contributed by atoms with E-state index in [-0.39, 0.29) is 0 Å². The van der Waals surface area contributed by atoms with Crippen LogP contribution in [0, 0.1) is 0 Å². The Balaban J connectivity index is 2.59. The van der Waals surface area contributed by atoms with Gasteiger partial charge in [0.1, 0.15) is 0 Å². The van der Waals surface area contributed by atoms with E-state index in [2.05, 4.69) is 19.1 Å². The van der Waals surface area contributed by atoms with Crippen molar-refractivity contribution in [3.05, 3.63) is 22.6 Å². The minimum Gasteiger partial charge on any atom is -0.326 e. The van der Waals surface area contributed by atoms with E-state index in [9.17, 15) is 0 Å². The Bertz CT molecular complexity index is 158. The van der Waals surface area contributed by atoms with Crippen molar-refractivity contribution in [1.82, 2.24) is 0 Å². The highest BCUT2D eigenvalue weighted by atomic mass is 32.2. The summed E-state index contributed by atoms with van der Waals surface area (Å²) in [6, 6.07) is 0. The number of rotatable bonds is 1. The van der Waals surface area contributed by atoms with Crippen LogP contribution in [0.15, 0.2) is 22.6 Å². The van der Waals surface area contributed by atoms with E-state index in [4.69, 9.17) is 5.73 Å². The van der Waals surface area contributed by atoms with E-state index in [0.717, 1.165) is 5.75 Å². The fourth-order valence-corrected chi connectivity index (χ4v) is 1.46. The Hall–Kier alpha value is -0.210. The van der Waals surface area contributed by atoms with Crippen LogP contribution in [0.25, 0.3) is 0 Å². The molecule has 9 heavy (non-hydrogen) atoms. The van der Waals surface area contributed by atoms with Gasteiger partial charge in [-0.05, 0) is 11.8 Å². The molecule has 2 heteroatoms. The molecule has 0 unspecified atom stereocenters. The van der Waals surface area contributed by atoms with Gasteiger partial charge >= 0.3 is 0 Å². The molecule has 1 nitrogen and oxygen atoms in total. The first-order valence-electron chi connectivity index (χ1n) is 3.02. The molecular weight excluding hydrogens is 130 g/mol. The van der Waals surface area contributed by atoms with Crippen molar-refractivity contribution in [3.63, 3.8) is 0 Å². The highest BCUT2D eigenvalue weighted by Crippen LogP contribution is 2.21. The second-order valence-electron chi connectivity index (χ2n) is 2.14. The van der Waals surface area contributed by atoms with Crippen molar-refractivity contribution in [2.75, 3.05) is 12.3 Å². The van der Waals surface area contributed by atoms with Crippen LogP contribution in [0.2, 0.25) is 0 Å². The second-order valence-corrected chi connectivity index (χ2v) is 3.24. The fourth-order valence-electron chi connectivity index (χ4n) is 0.665. The van der Waals surface area contributed by atoms with Gasteiger partial charge in [-0.15, -0.1) is 11.8 Å². The summed E-state index contributed by atoms with van der Waals surface area (Å²) in [4.78, 5) is 1.29. The van der Waals surface area contributed by atoms with Gasteiger partial charge in [-0.1, -0.05) is 17.7 Å². The Morgan fingerprint density at radius 3 is 2.89 bits per heavy atom. The Labute approximate surface area is 60.0 Å². The van der Waals surface area contributed by atoms with Crippen molar-refractivity contribution in [2.24, 2.45) is 5.73 Å². The van der Waals surface area contributed by atoms with Crippen molar-refractivity contribution in [1.29, 1.82) is 0 Å². The quantitative estimate of drug-likeness (QED) is 0.599. The molecule has 1 heterocycles. The molecule has 0 aromatic rings. The minimum absolute atomic E-state index is 0.689. The second kappa shape index (κ2) is 3.08. The molecule has 1 aliphatic heterocycles. The molecule has 1 aliphatic rings. The van der Waals surface area contributed by atoms with Crippen molar-refractivity contribution in [3.8, 4) is 0 Å². The summed E-state index contributed by atoms with van der Waals surface area (Å²) < 4.78 is 0. The van der Waals surface area contributed by atoms with Crippen LogP contribution in [-0.2, 0) is 0 Å². The molecule has 2 N–H and O–H groups in total. The van der Waals surface area contributed by atoms with Gasteiger partial charge in [0.05, 0.1) is 0 Å². The average Bonchev–Trinajstić information content (AvgIpc) is 1.90. The van der Waals surface area contributed by atoms with Gasteiger partial charge in [0.2, 0.25) is 0 Å². The SMILES string of the molecule is CC1=CC=C(CN)SC1. The van der Waals surface area contributed by atoms with E-state index in [0.29, 0.717) is 6.54 Å². The lowest BCUT2D eigenvalue weighted by atomic mass is 10.3. The van der Waals surface area contributed by atoms with Gasteiger partial charge in [-0.2, -0.15) is 0 Å². The maximum atomic E-state index is 5.43. The molecule has 0 aliphatic carbocycles. The maximum absolute atomic E-state index is 5.43. The summed E-state index contributed by atoms with van der Waals surface area (Å²) in [5.74, 6) is 1.11. The summed E-state index contributed by atoms with van der Waals surface area (Å²) in [6.45, 7) is 2.82. The molecule has 0 aromatic carbocycles.